The minimum atomic E-state index is -5.21. The molecule has 0 saturated carbocycles. The van der Waals surface area contributed by atoms with Gasteiger partial charge in [0.15, 0.2) is 35.7 Å². The number of aliphatic hydroxyl groups is 3. The SMILES string of the molecule is C[C@@]1(F)[C@H](O)[C@@H](Cc2ccccc2OP(=O)(Oc2ccccc2C[C@H]2O[C@@H](n3ccc(=O)[nH]c3=O)[C@](C)(F)[C@@H]2O)Oc2ccccc2C[C@H]2O[C@@H](n3ccc(=O)[nH]c3=O)[C@](C)(F)[C@@H]2O)O[C@H]1n1ccc(=O)[nH]c1=O. The van der Waals surface area contributed by atoms with Crippen LogP contribution >= 0.6 is 7.82 Å². The van der Waals surface area contributed by atoms with Crippen LogP contribution < -0.4 is 47.3 Å². The van der Waals surface area contributed by atoms with E-state index in [0.29, 0.717) is 0 Å². The fourth-order valence-electron chi connectivity index (χ4n) is 9.33. The molecule has 12 atom stereocenters. The van der Waals surface area contributed by atoms with E-state index in [2.05, 4.69) is 0 Å². The van der Waals surface area contributed by atoms with Gasteiger partial charge in [-0.15, -0.1) is 0 Å². The summed E-state index contributed by atoms with van der Waals surface area (Å²) in [5.74, 6) is -0.665. The van der Waals surface area contributed by atoms with Crippen molar-refractivity contribution >= 4 is 7.82 Å². The second-order valence-corrected chi connectivity index (χ2v) is 20.0. The lowest BCUT2D eigenvalue weighted by Crippen LogP contribution is -2.43. The molecular weight excluding hydrogens is 1000 g/mol. The molecule has 3 saturated heterocycles. The van der Waals surface area contributed by atoms with Crippen molar-refractivity contribution in [1.29, 1.82) is 0 Å². The number of hydrogen-bond donors (Lipinski definition) is 6. The summed E-state index contributed by atoms with van der Waals surface area (Å²) in [5, 5.41) is 33.8. The maximum atomic E-state index is 16.3. The summed E-state index contributed by atoms with van der Waals surface area (Å²) < 4.78 is 103. The number of phosphoric acid groups is 1. The average Bonchev–Trinajstić information content (AvgIpc) is 3.80. The van der Waals surface area contributed by atoms with E-state index in [0.717, 1.165) is 71.3 Å². The zero-order valence-electron chi connectivity index (χ0n) is 39.3. The maximum Gasteiger partial charge on any atom is 0.647 e. The van der Waals surface area contributed by atoms with Gasteiger partial charge < -0.3 is 43.1 Å². The van der Waals surface area contributed by atoms with Gasteiger partial charge in [-0.25, -0.2) is 27.6 Å². The van der Waals surface area contributed by atoms with Crippen LogP contribution in [0.5, 0.6) is 17.2 Å². The van der Waals surface area contributed by atoms with E-state index in [9.17, 15) is 44.1 Å². The number of halogens is 3. The standard InChI is InChI=1S/C48H48F3N6O16P/c1-46(49)37(61)31(68-40(46)55-19-16-34(58)52-43(55)64)22-25-10-4-7-13-28(25)71-74(67,72-29-14-8-5-11-26(29)23-32-38(62)47(2,50)41(69-32)56-20-17-35(59)53-44(56)65)73-30-15-9-6-12-27(30)24-33-39(63)48(3,51)42(70-33)57-21-18-36(60)54-45(57)66/h4-21,31-33,37-42,61-63H,22-24H2,1-3H3,(H,52,58,64)(H,53,59,65)(H,54,60,66)/t31-,32-,33-,37-,38-,39-,40-,41-,42-,46-,47-,48-/m1/s1. The molecule has 0 spiro atoms. The van der Waals surface area contributed by atoms with Crippen molar-refractivity contribution in [1.82, 2.24) is 28.7 Å². The second kappa shape index (κ2) is 19.6. The van der Waals surface area contributed by atoms with Gasteiger partial charge in [-0.05, 0) is 55.7 Å². The Kier molecular flexibility index (Phi) is 13.7. The third kappa shape index (κ3) is 9.86. The minimum Gasteiger partial charge on any atom is -0.387 e. The van der Waals surface area contributed by atoms with Gasteiger partial charge in [-0.1, -0.05) is 54.6 Å². The monoisotopic (exact) mass is 1050 g/mol. The number of nitrogens with one attached hydrogen (secondary N) is 3. The maximum absolute atomic E-state index is 16.3. The number of alkyl halides is 3. The Labute approximate surface area is 414 Å². The fourth-order valence-corrected chi connectivity index (χ4v) is 10.7. The Hall–Kier alpha value is -7.12. The first-order valence-electron chi connectivity index (χ1n) is 22.9. The predicted molar refractivity (Wildman–Crippen MR) is 252 cm³/mol. The van der Waals surface area contributed by atoms with Crippen molar-refractivity contribution in [3.05, 3.63) is 189 Å². The lowest BCUT2D eigenvalue weighted by molar-refractivity contribution is -0.0504. The van der Waals surface area contributed by atoms with Crippen LogP contribution in [0.4, 0.5) is 13.2 Å². The van der Waals surface area contributed by atoms with Gasteiger partial charge in [0.2, 0.25) is 0 Å². The number of phosphoric ester groups is 1. The highest BCUT2D eigenvalue weighted by Gasteiger charge is 2.58. The number of para-hydroxylation sites is 3. The first kappa shape index (κ1) is 51.8. The molecule has 6 heterocycles. The van der Waals surface area contributed by atoms with Crippen LogP contribution in [0.3, 0.4) is 0 Å². The van der Waals surface area contributed by atoms with Gasteiger partial charge in [-0.2, -0.15) is 4.57 Å². The summed E-state index contributed by atoms with van der Waals surface area (Å²) in [5.41, 5.74) is -12.7. The Morgan fingerprint density at radius 3 is 1.00 bits per heavy atom. The van der Waals surface area contributed by atoms with Gasteiger partial charge in [-0.3, -0.25) is 43.0 Å². The van der Waals surface area contributed by atoms with Crippen LogP contribution in [0.2, 0.25) is 0 Å². The number of ether oxygens (including phenoxy) is 3. The molecule has 9 rings (SSSR count). The van der Waals surface area contributed by atoms with Crippen molar-refractivity contribution < 1.29 is 60.8 Å². The van der Waals surface area contributed by atoms with Crippen molar-refractivity contribution in [2.75, 3.05) is 0 Å². The first-order valence-corrected chi connectivity index (χ1v) is 24.4. The molecule has 6 aromatic rings. The summed E-state index contributed by atoms with van der Waals surface area (Å²) in [6.45, 7) is 3.02. The Balaban J connectivity index is 1.05. The number of rotatable bonds is 15. The van der Waals surface area contributed by atoms with Crippen LogP contribution in [0.25, 0.3) is 0 Å². The summed E-state index contributed by atoms with van der Waals surface area (Å²) in [4.78, 5) is 79.5. The molecular formula is C48H48F3N6O16P. The molecule has 6 N–H and O–H groups in total. The molecule has 0 aliphatic carbocycles. The normalized spacial score (nSPS) is 29.8. The Bertz CT molecular complexity index is 3140. The molecule has 3 aromatic carbocycles. The molecule has 74 heavy (non-hydrogen) atoms. The van der Waals surface area contributed by atoms with Crippen LogP contribution in [0, 0.1) is 0 Å². The number of nitrogens with zero attached hydrogens (tertiary/aromatic N) is 3. The topological polar surface area (TPSA) is 298 Å². The number of aliphatic hydroxyl groups excluding tert-OH is 3. The molecule has 3 fully saturated rings. The molecule has 3 aliphatic rings. The van der Waals surface area contributed by atoms with E-state index in [-0.39, 0.29) is 53.2 Å². The first-order chi connectivity index (χ1) is 35.0. The zero-order chi connectivity index (χ0) is 53.1. The van der Waals surface area contributed by atoms with E-state index >= 15 is 17.7 Å². The Morgan fingerprint density at radius 2 is 0.743 bits per heavy atom. The number of benzene rings is 3. The molecule has 0 unspecified atom stereocenters. The van der Waals surface area contributed by atoms with Gasteiger partial charge in [0, 0.05) is 56.1 Å². The van der Waals surface area contributed by atoms with E-state index in [1.54, 1.807) is 18.2 Å². The van der Waals surface area contributed by atoms with E-state index in [1.165, 1.54) is 54.6 Å². The average molecular weight is 1050 g/mol. The largest absolute Gasteiger partial charge is 0.647 e. The van der Waals surface area contributed by atoms with Crippen molar-refractivity contribution in [3.63, 3.8) is 0 Å². The lowest BCUT2D eigenvalue weighted by atomic mass is 9.94. The van der Waals surface area contributed by atoms with Crippen molar-refractivity contribution in [2.45, 2.75) is 112 Å². The van der Waals surface area contributed by atoms with Crippen LogP contribution in [-0.4, -0.2) is 97.6 Å². The lowest BCUT2D eigenvalue weighted by Gasteiger charge is -2.25. The van der Waals surface area contributed by atoms with Crippen molar-refractivity contribution in [3.8, 4) is 17.2 Å². The highest BCUT2D eigenvalue weighted by Crippen LogP contribution is 2.53. The van der Waals surface area contributed by atoms with E-state index in [4.69, 9.17) is 27.8 Å². The minimum absolute atomic E-state index is 0.136. The molecule has 22 nitrogen and oxygen atoms in total. The fraction of sp³-hybridized carbons (Fsp3) is 0.375. The number of hydrogen-bond acceptors (Lipinski definition) is 16. The van der Waals surface area contributed by atoms with Crippen molar-refractivity contribution in [2.24, 2.45) is 0 Å². The number of aromatic amines is 3. The molecule has 0 radical (unpaired) electrons. The predicted octanol–water partition coefficient (Wildman–Crippen LogP) is 2.57. The summed E-state index contributed by atoms with van der Waals surface area (Å²) >= 11 is 0. The quantitative estimate of drug-likeness (QED) is 0.0806. The number of aromatic nitrogens is 6. The molecule has 3 aliphatic heterocycles. The van der Waals surface area contributed by atoms with Gasteiger partial charge in [0.05, 0.1) is 18.3 Å². The molecule has 392 valence electrons. The summed E-state index contributed by atoms with van der Waals surface area (Å²) in [6, 6.07) is 20.4. The summed E-state index contributed by atoms with van der Waals surface area (Å²) in [7, 11) is -5.21. The van der Waals surface area contributed by atoms with Crippen LogP contribution in [-0.2, 0) is 38.0 Å². The summed E-state index contributed by atoms with van der Waals surface area (Å²) in [6.07, 6.45) is -13.0. The van der Waals surface area contributed by atoms with Crippen LogP contribution in [0.15, 0.2) is 138 Å². The van der Waals surface area contributed by atoms with Gasteiger partial charge in [0.25, 0.3) is 16.7 Å². The van der Waals surface area contributed by atoms with E-state index < -0.39 is 114 Å². The third-order valence-corrected chi connectivity index (χ3v) is 14.5. The molecule has 0 bridgehead atoms. The van der Waals surface area contributed by atoms with Gasteiger partial charge >= 0.3 is 24.9 Å². The van der Waals surface area contributed by atoms with Crippen LogP contribution in [0.1, 0.15) is 56.1 Å². The van der Waals surface area contributed by atoms with E-state index in [1.807, 2.05) is 15.0 Å². The second-order valence-electron chi connectivity index (χ2n) is 18.6. The smallest absolute Gasteiger partial charge is 0.387 e. The highest BCUT2D eigenvalue weighted by atomic mass is 31.2. The van der Waals surface area contributed by atoms with Gasteiger partial charge in [0.1, 0.15) is 35.6 Å². The Morgan fingerprint density at radius 1 is 0.486 bits per heavy atom. The molecule has 26 heteroatoms. The number of H-pyrrole nitrogens is 3. The molecule has 0 amide bonds. The third-order valence-electron chi connectivity index (χ3n) is 13.3. The highest BCUT2D eigenvalue weighted by molar-refractivity contribution is 7.49. The molecule has 3 aromatic heterocycles. The zero-order valence-corrected chi connectivity index (χ0v) is 40.2.